The van der Waals surface area contributed by atoms with Crippen molar-refractivity contribution >= 4 is 5.82 Å². The number of hydrogen-bond acceptors (Lipinski definition) is 4. The Morgan fingerprint density at radius 1 is 1.25 bits per heavy atom. The predicted molar refractivity (Wildman–Crippen MR) is 65.6 cm³/mol. The zero-order valence-electron chi connectivity index (χ0n) is 10.0. The molecule has 1 aromatic heterocycles. The molecule has 0 aliphatic carbocycles. The van der Waals surface area contributed by atoms with E-state index in [0.717, 1.165) is 37.4 Å². The van der Waals surface area contributed by atoms with Crippen LogP contribution >= 0.6 is 0 Å². The van der Waals surface area contributed by atoms with Crippen LogP contribution in [0.15, 0.2) is 12.4 Å². The van der Waals surface area contributed by atoms with Crippen molar-refractivity contribution in [3.8, 4) is 0 Å². The maximum Gasteiger partial charge on any atom is 0.144 e. The Morgan fingerprint density at radius 2 is 2.00 bits per heavy atom. The molecule has 0 aromatic carbocycles. The summed E-state index contributed by atoms with van der Waals surface area (Å²) in [6.07, 6.45) is 6.03. The third-order valence-corrected chi connectivity index (χ3v) is 2.95. The molecule has 16 heavy (non-hydrogen) atoms. The van der Waals surface area contributed by atoms with Crippen molar-refractivity contribution < 1.29 is 0 Å². The van der Waals surface area contributed by atoms with Crippen LogP contribution in [0, 0.1) is 0 Å². The third-order valence-electron chi connectivity index (χ3n) is 2.95. The van der Waals surface area contributed by atoms with E-state index in [1.54, 1.807) is 0 Å². The van der Waals surface area contributed by atoms with E-state index in [0.29, 0.717) is 12.0 Å². The largest absolute Gasteiger partial charge is 0.366 e. The highest BCUT2D eigenvalue weighted by Gasteiger charge is 2.13. The molecule has 1 aromatic rings. The van der Waals surface area contributed by atoms with Crippen molar-refractivity contribution in [2.75, 3.05) is 18.4 Å². The molecule has 0 atom stereocenters. The third kappa shape index (κ3) is 2.92. The molecule has 0 unspecified atom stereocenters. The Morgan fingerprint density at radius 3 is 2.56 bits per heavy atom. The number of aromatic nitrogens is 2. The zero-order valence-corrected chi connectivity index (χ0v) is 10.0. The number of nitrogens with zero attached hydrogens (tertiary/aromatic N) is 2. The average Bonchev–Trinajstić information content (AvgIpc) is 2.31. The van der Waals surface area contributed by atoms with Crippen LogP contribution in [0.2, 0.25) is 0 Å². The molecule has 4 nitrogen and oxygen atoms in total. The highest BCUT2D eigenvalue weighted by atomic mass is 15.0. The minimum absolute atomic E-state index is 0.445. The lowest BCUT2D eigenvalue weighted by molar-refractivity contribution is 0.478. The highest BCUT2D eigenvalue weighted by Crippen LogP contribution is 2.13. The van der Waals surface area contributed by atoms with Crippen molar-refractivity contribution in [1.29, 1.82) is 0 Å². The van der Waals surface area contributed by atoms with E-state index in [2.05, 4.69) is 34.4 Å². The summed E-state index contributed by atoms with van der Waals surface area (Å²) in [6, 6.07) is 0.542. The number of hydrogen-bond donors (Lipinski definition) is 2. The minimum Gasteiger partial charge on any atom is -0.366 e. The molecule has 0 amide bonds. The number of nitrogens with one attached hydrogen (secondary N) is 2. The van der Waals surface area contributed by atoms with Gasteiger partial charge in [-0.25, -0.2) is 4.98 Å². The summed E-state index contributed by atoms with van der Waals surface area (Å²) in [6.45, 7) is 6.44. The van der Waals surface area contributed by atoms with Crippen molar-refractivity contribution in [1.82, 2.24) is 15.3 Å². The Kier molecular flexibility index (Phi) is 3.72. The molecule has 1 aliphatic heterocycles. The summed E-state index contributed by atoms with van der Waals surface area (Å²) in [4.78, 5) is 8.80. The van der Waals surface area contributed by atoms with E-state index in [1.165, 1.54) is 0 Å². The van der Waals surface area contributed by atoms with Crippen molar-refractivity contribution in [2.24, 2.45) is 0 Å². The smallest absolute Gasteiger partial charge is 0.144 e. The van der Waals surface area contributed by atoms with Crippen LogP contribution in [0.3, 0.4) is 0 Å². The molecule has 1 fully saturated rings. The molecule has 2 N–H and O–H groups in total. The van der Waals surface area contributed by atoms with Crippen LogP contribution in [0.5, 0.6) is 0 Å². The second-order valence-corrected chi connectivity index (χ2v) is 4.65. The van der Waals surface area contributed by atoms with E-state index in [9.17, 15) is 0 Å². The first-order chi connectivity index (χ1) is 7.75. The highest BCUT2D eigenvalue weighted by molar-refractivity contribution is 5.32. The topological polar surface area (TPSA) is 49.8 Å². The Bertz CT molecular complexity index is 314. The van der Waals surface area contributed by atoms with Gasteiger partial charge in [-0.05, 0) is 31.8 Å². The van der Waals surface area contributed by atoms with Crippen LogP contribution in [-0.4, -0.2) is 29.1 Å². The fraction of sp³-hybridized carbons (Fsp3) is 0.667. The summed E-state index contributed by atoms with van der Waals surface area (Å²) < 4.78 is 0. The molecular formula is C12H20N4. The van der Waals surface area contributed by atoms with Crippen molar-refractivity contribution in [2.45, 2.75) is 38.6 Å². The maximum absolute atomic E-state index is 4.40. The Balaban J connectivity index is 1.93. The second kappa shape index (κ2) is 5.25. The maximum atomic E-state index is 4.40. The summed E-state index contributed by atoms with van der Waals surface area (Å²) in [5, 5.41) is 6.78. The lowest BCUT2D eigenvalue weighted by Crippen LogP contribution is -2.35. The second-order valence-electron chi connectivity index (χ2n) is 4.65. The van der Waals surface area contributed by atoms with E-state index < -0.39 is 0 Å². The van der Waals surface area contributed by atoms with E-state index in [4.69, 9.17) is 0 Å². The van der Waals surface area contributed by atoms with E-state index >= 15 is 0 Å². The predicted octanol–water partition coefficient (Wildman–Crippen LogP) is 1.76. The monoisotopic (exact) mass is 220 g/mol. The summed E-state index contributed by atoms with van der Waals surface area (Å²) in [7, 11) is 0. The molecule has 4 heteroatoms. The first kappa shape index (κ1) is 11.3. The Labute approximate surface area is 96.9 Å². The van der Waals surface area contributed by atoms with Gasteiger partial charge in [0.15, 0.2) is 0 Å². The standard InChI is InChI=1S/C12H20N4/c1-9(2)11-7-15-12(8-14-11)16-10-3-5-13-6-4-10/h7-10,13H,3-6H2,1-2H3,(H,15,16). The van der Waals surface area contributed by atoms with Gasteiger partial charge in [0.05, 0.1) is 18.1 Å². The lowest BCUT2D eigenvalue weighted by atomic mass is 10.1. The lowest BCUT2D eigenvalue weighted by Gasteiger charge is -2.24. The first-order valence-electron chi connectivity index (χ1n) is 6.05. The van der Waals surface area contributed by atoms with Crippen LogP contribution in [0.4, 0.5) is 5.82 Å². The van der Waals surface area contributed by atoms with E-state index in [1.807, 2.05) is 12.4 Å². The summed E-state index contributed by atoms with van der Waals surface area (Å²) in [5.41, 5.74) is 1.05. The van der Waals surface area contributed by atoms with Gasteiger partial charge in [-0.2, -0.15) is 0 Å². The molecule has 2 heterocycles. The molecule has 0 spiro atoms. The van der Waals surface area contributed by atoms with Gasteiger partial charge < -0.3 is 10.6 Å². The fourth-order valence-electron chi connectivity index (χ4n) is 1.89. The minimum atomic E-state index is 0.445. The first-order valence-corrected chi connectivity index (χ1v) is 6.05. The van der Waals surface area contributed by atoms with Crippen molar-refractivity contribution in [3.05, 3.63) is 18.1 Å². The van der Waals surface area contributed by atoms with Gasteiger partial charge in [0.2, 0.25) is 0 Å². The molecule has 0 bridgehead atoms. The van der Waals surface area contributed by atoms with Crippen LogP contribution in [0.1, 0.15) is 38.3 Å². The number of piperidine rings is 1. The zero-order chi connectivity index (χ0) is 11.4. The van der Waals surface area contributed by atoms with Crippen LogP contribution in [0.25, 0.3) is 0 Å². The van der Waals surface area contributed by atoms with Crippen LogP contribution in [-0.2, 0) is 0 Å². The normalized spacial score (nSPS) is 17.7. The number of anilines is 1. The fourth-order valence-corrected chi connectivity index (χ4v) is 1.89. The van der Waals surface area contributed by atoms with Gasteiger partial charge in [0.25, 0.3) is 0 Å². The molecule has 0 radical (unpaired) electrons. The van der Waals surface area contributed by atoms with Gasteiger partial charge in [0.1, 0.15) is 5.82 Å². The molecular weight excluding hydrogens is 200 g/mol. The SMILES string of the molecule is CC(C)c1cnc(NC2CCNCC2)cn1. The van der Waals surface area contributed by atoms with Gasteiger partial charge in [-0.1, -0.05) is 13.8 Å². The molecule has 1 aliphatic rings. The average molecular weight is 220 g/mol. The van der Waals surface area contributed by atoms with Gasteiger partial charge in [0, 0.05) is 6.04 Å². The summed E-state index contributed by atoms with van der Waals surface area (Å²) in [5.74, 6) is 1.34. The number of rotatable bonds is 3. The van der Waals surface area contributed by atoms with Gasteiger partial charge >= 0.3 is 0 Å². The summed E-state index contributed by atoms with van der Waals surface area (Å²) >= 11 is 0. The Hall–Kier alpha value is -1.16. The van der Waals surface area contributed by atoms with E-state index in [-0.39, 0.29) is 0 Å². The molecule has 88 valence electrons. The quantitative estimate of drug-likeness (QED) is 0.815. The molecule has 1 saturated heterocycles. The van der Waals surface area contributed by atoms with Crippen LogP contribution < -0.4 is 10.6 Å². The molecule has 2 rings (SSSR count). The van der Waals surface area contributed by atoms with Crippen molar-refractivity contribution in [3.63, 3.8) is 0 Å². The van der Waals surface area contributed by atoms with Gasteiger partial charge in [-0.15, -0.1) is 0 Å². The molecule has 0 saturated carbocycles. The van der Waals surface area contributed by atoms with Gasteiger partial charge in [-0.3, -0.25) is 4.98 Å².